The van der Waals surface area contributed by atoms with Gasteiger partial charge in [0, 0.05) is 11.3 Å². The molecule has 0 spiro atoms. The first-order valence-corrected chi connectivity index (χ1v) is 7.50. The van der Waals surface area contributed by atoms with Crippen LogP contribution in [0.3, 0.4) is 0 Å². The van der Waals surface area contributed by atoms with Gasteiger partial charge in [0.2, 0.25) is 0 Å². The molecular formula is C20H15FN2O. The zero-order valence-corrected chi connectivity index (χ0v) is 13.4. The van der Waals surface area contributed by atoms with Gasteiger partial charge in [0.1, 0.15) is 17.4 Å². The van der Waals surface area contributed by atoms with E-state index in [9.17, 15) is 14.4 Å². The molecule has 118 valence electrons. The molecule has 2 aromatic carbocycles. The fourth-order valence-corrected chi connectivity index (χ4v) is 2.72. The van der Waals surface area contributed by atoms with Crippen LogP contribution in [0.4, 0.5) is 4.39 Å². The van der Waals surface area contributed by atoms with E-state index in [0.29, 0.717) is 16.8 Å². The van der Waals surface area contributed by atoms with Gasteiger partial charge in [0.25, 0.3) is 5.56 Å². The largest absolute Gasteiger partial charge is 0.325 e. The van der Waals surface area contributed by atoms with E-state index in [1.807, 2.05) is 30.3 Å². The van der Waals surface area contributed by atoms with Crippen LogP contribution in [0, 0.1) is 31.0 Å². The number of benzene rings is 2. The maximum Gasteiger partial charge on any atom is 0.266 e. The Kier molecular flexibility index (Phi) is 4.01. The molecule has 0 fully saturated rings. The van der Waals surface area contributed by atoms with Crippen molar-refractivity contribution in [3.05, 3.63) is 81.5 Å². The minimum absolute atomic E-state index is 0.0908. The van der Waals surface area contributed by atoms with Crippen LogP contribution < -0.4 is 5.56 Å². The summed E-state index contributed by atoms with van der Waals surface area (Å²) in [5.41, 5.74) is 4.12. The van der Waals surface area contributed by atoms with E-state index in [1.165, 1.54) is 6.07 Å². The highest BCUT2D eigenvalue weighted by Gasteiger charge is 2.11. The Balaban J connectivity index is 2.17. The molecule has 24 heavy (non-hydrogen) atoms. The Morgan fingerprint density at radius 1 is 1.00 bits per heavy atom. The molecule has 3 nitrogen and oxygen atoms in total. The number of nitrogens with zero attached hydrogens (tertiary/aromatic N) is 1. The monoisotopic (exact) mass is 318 g/mol. The summed E-state index contributed by atoms with van der Waals surface area (Å²) in [7, 11) is 0. The standard InChI is InChI=1S/C20H15FN2O/c1-12-8-15(6-7-19(12)21)14-4-3-5-16(10-14)17-9-13(2)23-20(24)18(17)11-22/h3-10H,1-2H3,(H,23,24). The molecule has 3 aromatic rings. The molecule has 1 N–H and O–H groups in total. The van der Waals surface area contributed by atoms with E-state index >= 15 is 0 Å². The van der Waals surface area contributed by atoms with Crippen molar-refractivity contribution in [2.45, 2.75) is 13.8 Å². The molecule has 1 aromatic heterocycles. The lowest BCUT2D eigenvalue weighted by Gasteiger charge is -2.09. The van der Waals surface area contributed by atoms with Gasteiger partial charge in [-0.2, -0.15) is 5.26 Å². The molecule has 0 aliphatic heterocycles. The van der Waals surface area contributed by atoms with E-state index in [-0.39, 0.29) is 11.4 Å². The smallest absolute Gasteiger partial charge is 0.266 e. The summed E-state index contributed by atoms with van der Waals surface area (Å²) in [6, 6.07) is 16.2. The average Bonchev–Trinajstić information content (AvgIpc) is 2.57. The van der Waals surface area contributed by atoms with E-state index < -0.39 is 5.56 Å². The van der Waals surface area contributed by atoms with Crippen LogP contribution in [-0.4, -0.2) is 4.98 Å². The van der Waals surface area contributed by atoms with E-state index in [0.717, 1.165) is 16.7 Å². The van der Waals surface area contributed by atoms with E-state index in [2.05, 4.69) is 4.98 Å². The maximum atomic E-state index is 13.5. The van der Waals surface area contributed by atoms with Crippen LogP contribution >= 0.6 is 0 Å². The van der Waals surface area contributed by atoms with Crippen molar-refractivity contribution >= 4 is 0 Å². The van der Waals surface area contributed by atoms with Crippen molar-refractivity contribution in [3.8, 4) is 28.3 Å². The Morgan fingerprint density at radius 2 is 1.71 bits per heavy atom. The third-order valence-electron chi connectivity index (χ3n) is 3.94. The molecule has 0 atom stereocenters. The van der Waals surface area contributed by atoms with Gasteiger partial charge in [-0.25, -0.2) is 4.39 Å². The number of nitriles is 1. The first-order chi connectivity index (χ1) is 11.5. The second-order valence-corrected chi connectivity index (χ2v) is 5.73. The number of rotatable bonds is 2. The quantitative estimate of drug-likeness (QED) is 0.764. The Bertz CT molecular complexity index is 1030. The van der Waals surface area contributed by atoms with E-state index in [1.54, 1.807) is 32.0 Å². The lowest BCUT2D eigenvalue weighted by Crippen LogP contribution is -2.12. The van der Waals surface area contributed by atoms with Gasteiger partial charge < -0.3 is 4.98 Å². The molecule has 0 aliphatic carbocycles. The third-order valence-corrected chi connectivity index (χ3v) is 3.94. The van der Waals surface area contributed by atoms with Crippen molar-refractivity contribution in [1.82, 2.24) is 4.98 Å². The summed E-state index contributed by atoms with van der Waals surface area (Å²) in [5, 5.41) is 9.29. The molecule has 0 saturated heterocycles. The number of pyridine rings is 1. The molecule has 0 bridgehead atoms. The third kappa shape index (κ3) is 2.84. The predicted molar refractivity (Wildman–Crippen MR) is 92.1 cm³/mol. The number of hydrogen-bond acceptors (Lipinski definition) is 2. The van der Waals surface area contributed by atoms with Gasteiger partial charge in [0.05, 0.1) is 0 Å². The summed E-state index contributed by atoms with van der Waals surface area (Å²) in [4.78, 5) is 14.6. The zero-order valence-electron chi connectivity index (χ0n) is 13.4. The highest BCUT2D eigenvalue weighted by molar-refractivity contribution is 5.76. The number of aryl methyl sites for hydroxylation is 2. The lowest BCUT2D eigenvalue weighted by atomic mass is 9.96. The molecule has 0 radical (unpaired) electrons. The molecule has 3 rings (SSSR count). The van der Waals surface area contributed by atoms with Crippen molar-refractivity contribution < 1.29 is 4.39 Å². The number of halogens is 1. The highest BCUT2D eigenvalue weighted by atomic mass is 19.1. The summed E-state index contributed by atoms with van der Waals surface area (Å²) < 4.78 is 13.5. The molecule has 0 aliphatic rings. The van der Waals surface area contributed by atoms with Gasteiger partial charge in [-0.05, 0) is 60.4 Å². The molecule has 0 amide bonds. The minimum atomic E-state index is -0.393. The lowest BCUT2D eigenvalue weighted by molar-refractivity contribution is 0.619. The molecular weight excluding hydrogens is 303 g/mol. The molecule has 4 heteroatoms. The fraction of sp³-hybridized carbons (Fsp3) is 0.100. The SMILES string of the molecule is Cc1cc(-c2cccc(-c3ccc(F)c(C)c3)c2)c(C#N)c(=O)[nH]1. The van der Waals surface area contributed by atoms with Crippen LogP contribution in [0.15, 0.2) is 53.3 Å². The Morgan fingerprint density at radius 3 is 2.42 bits per heavy atom. The Labute approximate surface area is 139 Å². The molecule has 0 saturated carbocycles. The van der Waals surface area contributed by atoms with E-state index in [4.69, 9.17) is 0 Å². The normalized spacial score (nSPS) is 10.4. The second-order valence-electron chi connectivity index (χ2n) is 5.73. The van der Waals surface area contributed by atoms with Crippen molar-refractivity contribution in [3.63, 3.8) is 0 Å². The number of aromatic amines is 1. The topological polar surface area (TPSA) is 56.6 Å². The fourth-order valence-electron chi connectivity index (χ4n) is 2.72. The number of nitrogens with one attached hydrogen (secondary N) is 1. The van der Waals surface area contributed by atoms with Crippen LogP contribution in [0.2, 0.25) is 0 Å². The van der Waals surface area contributed by atoms with Crippen molar-refractivity contribution in [2.24, 2.45) is 0 Å². The number of aromatic nitrogens is 1. The van der Waals surface area contributed by atoms with Crippen molar-refractivity contribution in [1.29, 1.82) is 5.26 Å². The highest BCUT2D eigenvalue weighted by Crippen LogP contribution is 2.28. The zero-order chi connectivity index (χ0) is 17.3. The van der Waals surface area contributed by atoms with Crippen LogP contribution in [0.5, 0.6) is 0 Å². The first-order valence-electron chi connectivity index (χ1n) is 7.50. The molecule has 0 unspecified atom stereocenters. The number of H-pyrrole nitrogens is 1. The summed E-state index contributed by atoms with van der Waals surface area (Å²) >= 11 is 0. The second kappa shape index (κ2) is 6.13. The van der Waals surface area contributed by atoms with Crippen molar-refractivity contribution in [2.75, 3.05) is 0 Å². The molecule has 1 heterocycles. The van der Waals surface area contributed by atoms with Gasteiger partial charge in [-0.1, -0.05) is 24.3 Å². The van der Waals surface area contributed by atoms with Gasteiger partial charge >= 0.3 is 0 Å². The maximum absolute atomic E-state index is 13.5. The number of hydrogen-bond donors (Lipinski definition) is 1. The average molecular weight is 318 g/mol. The summed E-state index contributed by atoms with van der Waals surface area (Å²) in [6.07, 6.45) is 0. The first kappa shape index (κ1) is 15.7. The van der Waals surface area contributed by atoms with Gasteiger partial charge in [-0.3, -0.25) is 4.79 Å². The summed E-state index contributed by atoms with van der Waals surface area (Å²) in [5.74, 6) is -0.244. The minimum Gasteiger partial charge on any atom is -0.325 e. The van der Waals surface area contributed by atoms with Crippen LogP contribution in [0.25, 0.3) is 22.3 Å². The van der Waals surface area contributed by atoms with Gasteiger partial charge in [-0.15, -0.1) is 0 Å². The van der Waals surface area contributed by atoms with Gasteiger partial charge in [0.15, 0.2) is 0 Å². The Hall–Kier alpha value is -3.19. The predicted octanol–water partition coefficient (Wildman–Crippen LogP) is 4.34. The van der Waals surface area contributed by atoms with Crippen LogP contribution in [-0.2, 0) is 0 Å². The summed E-state index contributed by atoms with van der Waals surface area (Å²) in [6.45, 7) is 3.50. The van der Waals surface area contributed by atoms with Crippen LogP contribution in [0.1, 0.15) is 16.8 Å².